The molecule has 29 heavy (non-hydrogen) atoms. The molecule has 1 aliphatic rings. The van der Waals surface area contributed by atoms with Gasteiger partial charge in [-0.25, -0.2) is 0 Å². The van der Waals surface area contributed by atoms with Crippen LogP contribution in [0.3, 0.4) is 0 Å². The average molecular weight is 409 g/mol. The lowest BCUT2D eigenvalue weighted by Gasteiger charge is -2.14. The van der Waals surface area contributed by atoms with Crippen molar-refractivity contribution in [1.82, 2.24) is 9.47 Å². The number of non-ortho nitro benzene ring substituents is 1. The van der Waals surface area contributed by atoms with Crippen LogP contribution in [0.4, 0.5) is 18.9 Å². The van der Waals surface area contributed by atoms with Crippen LogP contribution in [-0.2, 0) is 6.54 Å². The van der Waals surface area contributed by atoms with Crippen molar-refractivity contribution in [1.29, 1.82) is 0 Å². The van der Waals surface area contributed by atoms with Gasteiger partial charge in [-0.3, -0.25) is 29.4 Å². The van der Waals surface area contributed by atoms with Crippen molar-refractivity contribution in [3.05, 3.63) is 62.5 Å². The molecule has 3 rings (SSSR count). The highest BCUT2D eigenvalue weighted by atomic mass is 19.4. The highest BCUT2D eigenvalue weighted by molar-refractivity contribution is 6.23. The summed E-state index contributed by atoms with van der Waals surface area (Å²) < 4.78 is 39.1. The molecule has 8 nitrogen and oxygen atoms in total. The number of nitro benzene ring substituents is 1. The number of amides is 2. The predicted molar refractivity (Wildman–Crippen MR) is 92.8 cm³/mol. The number of carbonyl (C=O) groups is 3. The molecule has 2 heterocycles. The Morgan fingerprint density at radius 1 is 1.10 bits per heavy atom. The molecular formula is C18H14F3N3O5. The van der Waals surface area contributed by atoms with Gasteiger partial charge in [0.2, 0.25) is 0 Å². The number of nitrogens with zero attached hydrogens (tertiary/aromatic N) is 3. The van der Waals surface area contributed by atoms with Crippen LogP contribution in [0, 0.1) is 24.0 Å². The molecule has 0 aliphatic carbocycles. The number of nitro groups is 1. The number of halogens is 3. The van der Waals surface area contributed by atoms with Crippen LogP contribution in [0.2, 0.25) is 0 Å². The summed E-state index contributed by atoms with van der Waals surface area (Å²) in [4.78, 5) is 48.3. The van der Waals surface area contributed by atoms with E-state index in [0.717, 1.165) is 22.8 Å². The number of alkyl halides is 3. The molecule has 0 atom stereocenters. The van der Waals surface area contributed by atoms with Gasteiger partial charge in [-0.1, -0.05) is 0 Å². The van der Waals surface area contributed by atoms with Gasteiger partial charge in [0.1, 0.15) is 6.54 Å². The molecule has 1 aromatic carbocycles. The second-order valence-electron chi connectivity index (χ2n) is 6.59. The topological polar surface area (TPSA) is 103 Å². The summed E-state index contributed by atoms with van der Waals surface area (Å²) in [5, 5.41) is 10.9. The van der Waals surface area contributed by atoms with E-state index >= 15 is 0 Å². The molecule has 2 aromatic rings. The quantitative estimate of drug-likeness (QED) is 0.327. The first-order chi connectivity index (χ1) is 13.4. The molecule has 0 N–H and O–H groups in total. The Hall–Kier alpha value is -3.50. The van der Waals surface area contributed by atoms with Crippen LogP contribution >= 0.6 is 0 Å². The molecule has 1 aliphatic heterocycles. The van der Waals surface area contributed by atoms with E-state index in [9.17, 15) is 37.7 Å². The third kappa shape index (κ3) is 3.62. The van der Waals surface area contributed by atoms with Crippen LogP contribution in [0.5, 0.6) is 0 Å². The Bertz CT molecular complexity index is 1070. The summed E-state index contributed by atoms with van der Waals surface area (Å²) in [5.41, 5.74) is -0.406. The lowest BCUT2D eigenvalue weighted by atomic mass is 10.1. The smallest absolute Gasteiger partial charge is 0.339 e. The van der Waals surface area contributed by atoms with Crippen LogP contribution in [-0.4, -0.2) is 44.7 Å². The van der Waals surface area contributed by atoms with E-state index in [1.165, 1.54) is 19.9 Å². The number of fused-ring (bicyclic) bond motifs is 1. The van der Waals surface area contributed by atoms with Gasteiger partial charge >= 0.3 is 6.18 Å². The predicted octanol–water partition coefficient (Wildman–Crippen LogP) is 3.05. The maximum atomic E-state index is 12.7. The van der Waals surface area contributed by atoms with E-state index in [-0.39, 0.29) is 33.8 Å². The van der Waals surface area contributed by atoms with Gasteiger partial charge < -0.3 is 4.57 Å². The second-order valence-corrected chi connectivity index (χ2v) is 6.59. The molecule has 1 aromatic heterocycles. The number of aromatic nitrogens is 1. The van der Waals surface area contributed by atoms with Crippen LogP contribution in [0.25, 0.3) is 0 Å². The SMILES string of the molecule is Cc1cc(C(=O)CN2C(=O)c3ccc([N+](=O)[O-])cc3C2=O)c(C)n1CC(F)(F)F. The molecule has 0 spiro atoms. The summed E-state index contributed by atoms with van der Waals surface area (Å²) in [6.07, 6.45) is -4.48. The van der Waals surface area contributed by atoms with Crippen molar-refractivity contribution in [3.63, 3.8) is 0 Å². The molecule has 2 amide bonds. The first-order valence-corrected chi connectivity index (χ1v) is 8.32. The molecular weight excluding hydrogens is 395 g/mol. The van der Waals surface area contributed by atoms with Crippen LogP contribution in [0.1, 0.15) is 42.5 Å². The number of carbonyl (C=O) groups excluding carboxylic acids is 3. The zero-order valence-corrected chi connectivity index (χ0v) is 15.2. The third-order valence-electron chi connectivity index (χ3n) is 4.68. The number of benzene rings is 1. The van der Waals surface area contributed by atoms with E-state index < -0.39 is 41.8 Å². The first kappa shape index (κ1) is 20.2. The number of aryl methyl sites for hydroxylation is 1. The number of rotatable bonds is 5. The summed E-state index contributed by atoms with van der Waals surface area (Å²) in [6, 6.07) is 4.43. The van der Waals surface area contributed by atoms with Crippen molar-refractivity contribution < 1.29 is 32.5 Å². The van der Waals surface area contributed by atoms with Crippen molar-refractivity contribution in [2.24, 2.45) is 0 Å². The largest absolute Gasteiger partial charge is 0.406 e. The fourth-order valence-electron chi connectivity index (χ4n) is 3.27. The minimum absolute atomic E-state index is 0.0331. The third-order valence-corrected chi connectivity index (χ3v) is 4.68. The fourth-order valence-corrected chi connectivity index (χ4v) is 3.27. The van der Waals surface area contributed by atoms with E-state index in [2.05, 4.69) is 0 Å². The Morgan fingerprint density at radius 3 is 2.31 bits per heavy atom. The fraction of sp³-hybridized carbons (Fsp3) is 0.278. The molecule has 11 heteroatoms. The second kappa shape index (κ2) is 6.83. The minimum Gasteiger partial charge on any atom is -0.339 e. The summed E-state index contributed by atoms with van der Waals surface area (Å²) in [5.74, 6) is -2.38. The van der Waals surface area contributed by atoms with E-state index in [0.29, 0.717) is 4.90 Å². The normalized spacial score (nSPS) is 13.8. The number of Topliss-reactive ketones (excluding diaryl/α,β-unsaturated/α-hetero) is 1. The van der Waals surface area contributed by atoms with Crippen molar-refractivity contribution in [2.75, 3.05) is 6.54 Å². The van der Waals surface area contributed by atoms with Gasteiger partial charge in [-0.15, -0.1) is 0 Å². The molecule has 0 saturated heterocycles. The van der Waals surface area contributed by atoms with Gasteiger partial charge in [0.25, 0.3) is 17.5 Å². The molecule has 0 unspecified atom stereocenters. The van der Waals surface area contributed by atoms with Crippen molar-refractivity contribution in [3.8, 4) is 0 Å². The molecule has 152 valence electrons. The maximum absolute atomic E-state index is 12.7. The molecule has 0 bridgehead atoms. The average Bonchev–Trinajstić information content (AvgIpc) is 3.03. The highest BCUT2D eigenvalue weighted by Gasteiger charge is 2.38. The number of hydrogen-bond donors (Lipinski definition) is 0. The monoisotopic (exact) mass is 409 g/mol. The van der Waals surface area contributed by atoms with Gasteiger partial charge in [-0.05, 0) is 26.0 Å². The standard InChI is InChI=1S/C18H14F3N3O5/c1-9-5-13(10(2)23(9)8-18(19,20)21)15(25)7-22-16(26)12-4-3-11(24(28)29)6-14(12)17(22)27/h3-6H,7-8H2,1-2H3. The lowest BCUT2D eigenvalue weighted by Crippen LogP contribution is -2.35. The molecule has 0 radical (unpaired) electrons. The van der Waals surface area contributed by atoms with Crippen LogP contribution in [0.15, 0.2) is 24.3 Å². The van der Waals surface area contributed by atoms with E-state index in [1.807, 2.05) is 0 Å². The van der Waals surface area contributed by atoms with Crippen LogP contribution < -0.4 is 0 Å². The van der Waals surface area contributed by atoms with Gasteiger partial charge in [0.05, 0.1) is 22.6 Å². The van der Waals surface area contributed by atoms with Crippen molar-refractivity contribution >= 4 is 23.3 Å². The highest BCUT2D eigenvalue weighted by Crippen LogP contribution is 2.28. The Morgan fingerprint density at radius 2 is 1.72 bits per heavy atom. The van der Waals surface area contributed by atoms with E-state index in [1.54, 1.807) is 0 Å². The minimum atomic E-state index is -4.48. The van der Waals surface area contributed by atoms with Gasteiger partial charge in [0.15, 0.2) is 5.78 Å². The van der Waals surface area contributed by atoms with Gasteiger partial charge in [0, 0.05) is 29.1 Å². The zero-order chi connectivity index (χ0) is 21.7. The van der Waals surface area contributed by atoms with Gasteiger partial charge in [-0.2, -0.15) is 13.2 Å². The molecule has 0 saturated carbocycles. The Kier molecular flexibility index (Phi) is 4.77. The van der Waals surface area contributed by atoms with Crippen molar-refractivity contribution in [2.45, 2.75) is 26.6 Å². The Labute approximate surface area is 161 Å². The maximum Gasteiger partial charge on any atom is 0.406 e. The summed E-state index contributed by atoms with van der Waals surface area (Å²) in [7, 11) is 0. The molecule has 0 fully saturated rings. The number of ketones is 1. The summed E-state index contributed by atoms with van der Waals surface area (Å²) in [6.45, 7) is 0.805. The van der Waals surface area contributed by atoms with E-state index in [4.69, 9.17) is 0 Å². The first-order valence-electron chi connectivity index (χ1n) is 8.32. The number of hydrogen-bond acceptors (Lipinski definition) is 5. The summed E-state index contributed by atoms with van der Waals surface area (Å²) >= 11 is 0. The zero-order valence-electron chi connectivity index (χ0n) is 15.2. The number of imide groups is 1. The lowest BCUT2D eigenvalue weighted by molar-refractivity contribution is -0.384. The Balaban J connectivity index is 1.87.